The molecule has 0 aliphatic rings. The second kappa shape index (κ2) is 10.3. The van der Waals surface area contributed by atoms with Gasteiger partial charge in [0.1, 0.15) is 5.82 Å². The number of carbonyl (C=O) groups excluding carboxylic acids is 2. The molecule has 0 fully saturated rings. The number of hydrogen-bond acceptors (Lipinski definition) is 5. The minimum absolute atomic E-state index is 0.0195. The number of aromatic nitrogens is 2. The molecule has 1 amide bonds. The fourth-order valence-electron chi connectivity index (χ4n) is 3.22. The highest BCUT2D eigenvalue weighted by molar-refractivity contribution is 5.81. The Bertz CT molecular complexity index is 1060. The van der Waals surface area contributed by atoms with Gasteiger partial charge in [-0.05, 0) is 24.1 Å². The molecule has 0 aliphatic heterocycles. The first kappa shape index (κ1) is 21.2. The summed E-state index contributed by atoms with van der Waals surface area (Å²) in [4.78, 5) is 43.3. The Kier molecular flexibility index (Phi) is 7.32. The number of nitrogens with one attached hydrogen (secondary N) is 2. The van der Waals surface area contributed by atoms with Crippen LogP contribution >= 0.6 is 0 Å². The summed E-state index contributed by atoms with van der Waals surface area (Å²) in [6.07, 6.45) is 1.95. The number of aromatic amines is 1. The van der Waals surface area contributed by atoms with E-state index in [0.717, 1.165) is 18.4 Å². The number of nitrogens with zero attached hydrogens (tertiary/aromatic N) is 1. The minimum atomic E-state index is -0.521. The summed E-state index contributed by atoms with van der Waals surface area (Å²) in [6.45, 7) is 1.71. The molecule has 3 rings (SSSR count). The van der Waals surface area contributed by atoms with Crippen molar-refractivity contribution in [2.24, 2.45) is 0 Å². The summed E-state index contributed by atoms with van der Waals surface area (Å²) in [7, 11) is 0. The van der Waals surface area contributed by atoms with Crippen LogP contribution in [0.5, 0.6) is 0 Å². The number of benzene rings is 2. The highest BCUT2D eigenvalue weighted by atomic mass is 16.5. The monoisotopic (exact) mass is 407 g/mol. The van der Waals surface area contributed by atoms with E-state index in [1.54, 1.807) is 24.3 Å². The van der Waals surface area contributed by atoms with E-state index in [1.165, 1.54) is 0 Å². The number of aryl methyl sites for hydroxylation is 1. The van der Waals surface area contributed by atoms with Crippen molar-refractivity contribution in [3.8, 4) is 0 Å². The van der Waals surface area contributed by atoms with E-state index in [1.807, 2.05) is 37.3 Å². The average Bonchev–Trinajstić information content (AvgIpc) is 2.76. The molecule has 7 heteroatoms. The van der Waals surface area contributed by atoms with Crippen LogP contribution in [0.1, 0.15) is 43.6 Å². The van der Waals surface area contributed by atoms with Crippen molar-refractivity contribution in [1.82, 2.24) is 15.3 Å². The maximum atomic E-state index is 12.2. The van der Waals surface area contributed by atoms with Crippen LogP contribution in [0.15, 0.2) is 59.4 Å². The highest BCUT2D eigenvalue weighted by Crippen LogP contribution is 2.17. The van der Waals surface area contributed by atoms with Gasteiger partial charge in [0.25, 0.3) is 11.5 Å². The molecule has 1 heterocycles. The SMILES string of the molecule is CCC[C@@H](NC(=O)COC(=O)CCc1nc2ccccc2c(=O)[nH]1)c1ccccc1. The summed E-state index contributed by atoms with van der Waals surface area (Å²) in [5.74, 6) is -0.456. The van der Waals surface area contributed by atoms with Gasteiger partial charge in [-0.3, -0.25) is 14.4 Å². The number of fused-ring (bicyclic) bond motifs is 1. The van der Waals surface area contributed by atoms with Crippen LogP contribution in [0.2, 0.25) is 0 Å². The van der Waals surface area contributed by atoms with Gasteiger partial charge in [0.05, 0.1) is 23.4 Å². The molecule has 0 bridgehead atoms. The molecule has 30 heavy (non-hydrogen) atoms. The van der Waals surface area contributed by atoms with Crippen LogP contribution in [-0.4, -0.2) is 28.5 Å². The second-order valence-corrected chi connectivity index (χ2v) is 7.01. The lowest BCUT2D eigenvalue weighted by molar-refractivity contribution is -0.148. The highest BCUT2D eigenvalue weighted by Gasteiger charge is 2.15. The zero-order chi connectivity index (χ0) is 21.3. The molecule has 2 aromatic carbocycles. The third-order valence-electron chi connectivity index (χ3n) is 4.71. The number of ether oxygens (including phenoxy) is 1. The number of carbonyl (C=O) groups is 2. The van der Waals surface area contributed by atoms with E-state index in [9.17, 15) is 14.4 Å². The summed E-state index contributed by atoms with van der Waals surface area (Å²) in [5, 5.41) is 3.42. The van der Waals surface area contributed by atoms with E-state index in [2.05, 4.69) is 15.3 Å². The third-order valence-corrected chi connectivity index (χ3v) is 4.71. The molecular formula is C23H25N3O4. The van der Waals surface area contributed by atoms with Gasteiger partial charge in [0.2, 0.25) is 0 Å². The third kappa shape index (κ3) is 5.76. The van der Waals surface area contributed by atoms with E-state index in [-0.39, 0.29) is 37.0 Å². The first-order valence-corrected chi connectivity index (χ1v) is 10.0. The largest absolute Gasteiger partial charge is 0.456 e. The molecule has 0 saturated carbocycles. The molecule has 0 unspecified atom stereocenters. The lowest BCUT2D eigenvalue weighted by Crippen LogP contribution is -2.32. The average molecular weight is 407 g/mol. The minimum Gasteiger partial charge on any atom is -0.456 e. The molecule has 7 nitrogen and oxygen atoms in total. The molecule has 0 aliphatic carbocycles. The first-order valence-electron chi connectivity index (χ1n) is 10.0. The molecule has 1 atom stereocenters. The van der Waals surface area contributed by atoms with Crippen LogP contribution in [0.3, 0.4) is 0 Å². The molecule has 0 radical (unpaired) electrons. The maximum absolute atomic E-state index is 12.2. The van der Waals surface area contributed by atoms with Gasteiger partial charge in [-0.1, -0.05) is 55.8 Å². The quantitative estimate of drug-likeness (QED) is 0.531. The lowest BCUT2D eigenvalue weighted by atomic mass is 10.0. The van der Waals surface area contributed by atoms with Gasteiger partial charge in [0, 0.05) is 6.42 Å². The fraction of sp³-hybridized carbons (Fsp3) is 0.304. The standard InChI is InChI=1S/C23H25N3O4/c1-2-8-18(16-9-4-3-5-10-16)25-21(27)15-30-22(28)14-13-20-24-19-12-7-6-11-17(19)23(29)26-20/h3-7,9-12,18H,2,8,13-15H2,1H3,(H,25,27)(H,24,26,29)/t18-/m1/s1. The zero-order valence-corrected chi connectivity index (χ0v) is 16.9. The predicted molar refractivity (Wildman–Crippen MR) is 114 cm³/mol. The Hall–Kier alpha value is -3.48. The zero-order valence-electron chi connectivity index (χ0n) is 16.9. The van der Waals surface area contributed by atoms with E-state index < -0.39 is 5.97 Å². The number of rotatable bonds is 9. The Balaban J connectivity index is 1.49. The van der Waals surface area contributed by atoms with Crippen molar-refractivity contribution < 1.29 is 14.3 Å². The number of hydrogen-bond donors (Lipinski definition) is 2. The number of H-pyrrole nitrogens is 1. The second-order valence-electron chi connectivity index (χ2n) is 7.01. The first-order chi connectivity index (χ1) is 14.6. The molecule has 1 aromatic heterocycles. The normalized spacial score (nSPS) is 11.8. The van der Waals surface area contributed by atoms with Gasteiger partial charge < -0.3 is 15.0 Å². The lowest BCUT2D eigenvalue weighted by Gasteiger charge is -2.18. The summed E-state index contributed by atoms with van der Waals surface area (Å²) in [5.41, 5.74) is 1.35. The van der Waals surface area contributed by atoms with Crippen molar-refractivity contribution in [2.45, 2.75) is 38.6 Å². The van der Waals surface area contributed by atoms with Crippen LogP contribution in [-0.2, 0) is 20.7 Å². The Morgan fingerprint density at radius 3 is 2.60 bits per heavy atom. The van der Waals surface area contributed by atoms with Gasteiger partial charge in [-0.15, -0.1) is 0 Å². The molecule has 0 spiro atoms. The van der Waals surface area contributed by atoms with Crippen molar-refractivity contribution >= 4 is 22.8 Å². The summed E-state index contributed by atoms with van der Waals surface area (Å²) < 4.78 is 5.09. The Morgan fingerprint density at radius 1 is 1.10 bits per heavy atom. The van der Waals surface area contributed by atoms with Gasteiger partial charge in [-0.2, -0.15) is 0 Å². The summed E-state index contributed by atoms with van der Waals surface area (Å²) >= 11 is 0. The smallest absolute Gasteiger partial charge is 0.306 e. The number of para-hydroxylation sites is 1. The number of esters is 1. The van der Waals surface area contributed by atoms with E-state index in [0.29, 0.717) is 16.7 Å². The Labute approximate surface area is 174 Å². The molecule has 156 valence electrons. The van der Waals surface area contributed by atoms with E-state index in [4.69, 9.17) is 4.74 Å². The van der Waals surface area contributed by atoms with Gasteiger partial charge >= 0.3 is 5.97 Å². The summed E-state index contributed by atoms with van der Waals surface area (Å²) in [6, 6.07) is 16.6. The number of amides is 1. The van der Waals surface area contributed by atoms with Crippen molar-refractivity contribution in [1.29, 1.82) is 0 Å². The molecule has 0 saturated heterocycles. The van der Waals surface area contributed by atoms with Crippen LogP contribution in [0.25, 0.3) is 10.9 Å². The molecule has 3 aromatic rings. The van der Waals surface area contributed by atoms with Crippen molar-refractivity contribution in [2.75, 3.05) is 6.61 Å². The van der Waals surface area contributed by atoms with Crippen molar-refractivity contribution in [3.05, 3.63) is 76.3 Å². The fourth-order valence-corrected chi connectivity index (χ4v) is 3.22. The maximum Gasteiger partial charge on any atom is 0.306 e. The topological polar surface area (TPSA) is 101 Å². The van der Waals surface area contributed by atoms with Crippen LogP contribution < -0.4 is 10.9 Å². The van der Waals surface area contributed by atoms with E-state index >= 15 is 0 Å². The molecular weight excluding hydrogens is 382 g/mol. The van der Waals surface area contributed by atoms with Gasteiger partial charge in [-0.25, -0.2) is 4.98 Å². The predicted octanol–water partition coefficient (Wildman–Crippen LogP) is 3.06. The van der Waals surface area contributed by atoms with Crippen LogP contribution in [0.4, 0.5) is 0 Å². The van der Waals surface area contributed by atoms with Crippen LogP contribution in [0, 0.1) is 0 Å². The molecule has 2 N–H and O–H groups in total. The van der Waals surface area contributed by atoms with Crippen molar-refractivity contribution in [3.63, 3.8) is 0 Å². The van der Waals surface area contributed by atoms with Gasteiger partial charge in [0.15, 0.2) is 6.61 Å². The Morgan fingerprint density at radius 2 is 1.83 bits per heavy atom.